The molecule has 0 amide bonds. The molecule has 0 radical (unpaired) electrons. The van der Waals surface area contributed by atoms with Crippen LogP contribution in [0.2, 0.25) is 0 Å². The van der Waals surface area contributed by atoms with E-state index < -0.39 is 15.9 Å². The molecule has 11 rings (SSSR count). The minimum absolute atomic E-state index is 0.808. The van der Waals surface area contributed by atoms with Crippen LogP contribution in [0.1, 0.15) is 0 Å². The third-order valence-corrected chi connectivity index (χ3v) is 15.5. The Bertz CT molecular complexity index is 3350. The van der Waals surface area contributed by atoms with Crippen LogP contribution in [-0.4, -0.2) is 14.2 Å². The Morgan fingerprint density at radius 3 is 1.35 bits per heavy atom. The normalized spacial score (nSPS) is 11.7. The summed E-state index contributed by atoms with van der Waals surface area (Å²) in [6, 6.07) is 69.2. The van der Waals surface area contributed by atoms with E-state index in [0.717, 1.165) is 93.0 Å². The van der Waals surface area contributed by atoms with Crippen molar-refractivity contribution >= 4 is 96.9 Å². The highest BCUT2D eigenvalue weighted by molar-refractivity contribution is 7.80. The van der Waals surface area contributed by atoms with E-state index in [-0.39, 0.29) is 0 Å². The Morgan fingerprint density at radius 1 is 0.400 bits per heavy atom. The van der Waals surface area contributed by atoms with Crippen LogP contribution in [0.4, 0.5) is 0 Å². The molecule has 10 aromatic carbocycles. The van der Waals surface area contributed by atoms with Crippen molar-refractivity contribution in [1.82, 2.24) is 0 Å². The van der Waals surface area contributed by atoms with Crippen molar-refractivity contribution in [2.75, 3.05) is 14.2 Å². The number of rotatable bonds is 7. The molecule has 0 atom stereocenters. The van der Waals surface area contributed by atoms with E-state index in [0.29, 0.717) is 0 Å². The summed E-state index contributed by atoms with van der Waals surface area (Å²) in [6.45, 7) is 0. The second-order valence-corrected chi connectivity index (χ2v) is 18.4. The Balaban J connectivity index is 1.30. The number of methoxy groups -OCH3 is 2. The summed E-state index contributed by atoms with van der Waals surface area (Å²) in [6.07, 6.45) is 0. The summed E-state index contributed by atoms with van der Waals surface area (Å²) >= 11 is 0. The van der Waals surface area contributed by atoms with Gasteiger partial charge in [-0.05, 0) is 115 Å². The first kappa shape index (κ1) is 36.3. The van der Waals surface area contributed by atoms with E-state index in [2.05, 4.69) is 182 Å². The van der Waals surface area contributed by atoms with Gasteiger partial charge >= 0.3 is 0 Å². The van der Waals surface area contributed by atoms with Gasteiger partial charge in [-0.25, -0.2) is 0 Å². The molecule has 0 spiro atoms. The van der Waals surface area contributed by atoms with Crippen LogP contribution in [0.15, 0.2) is 203 Å². The third kappa shape index (κ3) is 6.11. The van der Waals surface area contributed by atoms with Crippen molar-refractivity contribution in [2.24, 2.45) is 0 Å². The first-order valence-electron chi connectivity index (χ1n) is 20.0. The highest BCUT2D eigenvalue weighted by atomic mass is 31.1. The van der Waals surface area contributed by atoms with E-state index in [4.69, 9.17) is 17.9 Å². The maximum absolute atomic E-state index is 7.35. The maximum Gasteiger partial charge on any atom is 0.253 e. The maximum atomic E-state index is 7.35. The van der Waals surface area contributed by atoms with Gasteiger partial charge in [0, 0.05) is 16.3 Å². The Labute approximate surface area is 349 Å². The van der Waals surface area contributed by atoms with Crippen LogP contribution in [0.3, 0.4) is 0 Å². The minimum atomic E-state index is -1.74. The van der Waals surface area contributed by atoms with Crippen LogP contribution in [-0.2, 0) is 0 Å². The van der Waals surface area contributed by atoms with Gasteiger partial charge in [0.05, 0.1) is 19.5 Å². The van der Waals surface area contributed by atoms with Crippen LogP contribution >= 0.6 is 15.9 Å². The van der Waals surface area contributed by atoms with E-state index in [1.807, 2.05) is 12.1 Å². The lowest BCUT2D eigenvalue weighted by Gasteiger charge is -2.26. The summed E-state index contributed by atoms with van der Waals surface area (Å²) in [5.41, 5.74) is 3.88. The van der Waals surface area contributed by atoms with Gasteiger partial charge in [0.1, 0.15) is 22.7 Å². The first-order valence-corrected chi connectivity index (χ1v) is 22.5. The Kier molecular flexibility index (Phi) is 9.12. The standard InChI is InChI=1S/C54H38O4P2/c1-55-39-17-11-19-41(33-39)59(42-20-12-18-40(34-42)56-2)49-31-27-37-15-5-9-23-45(37)53(49)54-46-24-10-6-16-38(46)28-32-50(54)60-57-47-29-25-35-13-3-7-21-43(35)51(47)52-44-22-8-4-14-36(44)26-30-48(52)58-60/h3-34H,1-2H3. The van der Waals surface area contributed by atoms with Crippen molar-refractivity contribution in [2.45, 2.75) is 0 Å². The molecule has 0 aliphatic carbocycles. The molecule has 4 nitrogen and oxygen atoms in total. The predicted molar refractivity (Wildman–Crippen MR) is 255 cm³/mol. The van der Waals surface area contributed by atoms with Gasteiger partial charge in [-0.2, -0.15) is 0 Å². The van der Waals surface area contributed by atoms with Crippen LogP contribution in [0, 0.1) is 0 Å². The van der Waals surface area contributed by atoms with Crippen molar-refractivity contribution in [3.63, 3.8) is 0 Å². The zero-order chi connectivity index (χ0) is 40.2. The number of ether oxygens (including phenoxy) is 2. The van der Waals surface area contributed by atoms with Crippen molar-refractivity contribution in [3.8, 4) is 27.9 Å². The summed E-state index contributed by atoms with van der Waals surface area (Å²) in [7, 11) is 0.564. The largest absolute Gasteiger partial charge is 0.497 e. The highest BCUT2D eigenvalue weighted by Crippen LogP contribution is 2.53. The van der Waals surface area contributed by atoms with Gasteiger partial charge in [0.25, 0.3) is 8.01 Å². The molecular weight excluding hydrogens is 775 g/mol. The monoisotopic (exact) mass is 812 g/mol. The molecule has 0 unspecified atom stereocenters. The Hall–Kier alpha value is -6.83. The zero-order valence-electron chi connectivity index (χ0n) is 33.0. The van der Waals surface area contributed by atoms with Gasteiger partial charge in [-0.15, -0.1) is 0 Å². The van der Waals surface area contributed by atoms with E-state index >= 15 is 0 Å². The van der Waals surface area contributed by atoms with Crippen molar-refractivity contribution in [1.29, 1.82) is 0 Å². The van der Waals surface area contributed by atoms with Gasteiger partial charge in [-0.1, -0.05) is 152 Å². The second kappa shape index (κ2) is 15.1. The summed E-state index contributed by atoms with van der Waals surface area (Å²) in [5, 5.41) is 15.8. The van der Waals surface area contributed by atoms with Gasteiger partial charge < -0.3 is 17.9 Å². The Morgan fingerprint density at radius 2 is 0.833 bits per heavy atom. The summed E-state index contributed by atoms with van der Waals surface area (Å²) < 4.78 is 26.4. The molecular formula is C54H38O4P2. The molecule has 288 valence electrons. The average Bonchev–Trinajstić information content (AvgIpc) is 3.49. The molecule has 1 aromatic heterocycles. The molecule has 0 saturated carbocycles. The lowest BCUT2D eigenvalue weighted by Crippen LogP contribution is -2.23. The molecule has 6 heteroatoms. The molecule has 0 bridgehead atoms. The van der Waals surface area contributed by atoms with E-state index in [1.165, 1.54) is 15.9 Å². The average molecular weight is 813 g/mol. The van der Waals surface area contributed by atoms with E-state index in [1.54, 1.807) is 14.2 Å². The number of hydrogen-bond donors (Lipinski definition) is 0. The number of fused-ring (bicyclic) bond motifs is 9. The molecule has 0 aliphatic heterocycles. The molecule has 0 saturated heterocycles. The molecule has 1 heterocycles. The lowest BCUT2D eigenvalue weighted by molar-refractivity contribution is 0.415. The minimum Gasteiger partial charge on any atom is -0.497 e. The summed E-state index contributed by atoms with van der Waals surface area (Å²) in [5.74, 6) is 1.63. The quantitative estimate of drug-likeness (QED) is 0.150. The molecule has 11 aromatic rings. The molecule has 60 heavy (non-hydrogen) atoms. The lowest BCUT2D eigenvalue weighted by atomic mass is 9.93. The predicted octanol–water partition coefficient (Wildman–Crippen LogP) is 14.3. The van der Waals surface area contributed by atoms with E-state index in [9.17, 15) is 0 Å². The fraction of sp³-hybridized carbons (Fsp3) is 0.0370. The van der Waals surface area contributed by atoms with Crippen LogP contribution in [0.25, 0.3) is 81.5 Å². The second-order valence-electron chi connectivity index (χ2n) is 14.9. The highest BCUT2D eigenvalue weighted by Gasteiger charge is 2.27. The number of hydrogen-bond acceptors (Lipinski definition) is 4. The number of benzene rings is 10. The van der Waals surface area contributed by atoms with Crippen molar-refractivity contribution < 1.29 is 17.9 Å². The smallest absolute Gasteiger partial charge is 0.253 e. The zero-order valence-corrected chi connectivity index (χ0v) is 34.8. The topological polar surface area (TPSA) is 44.7 Å². The van der Waals surface area contributed by atoms with Crippen molar-refractivity contribution in [3.05, 3.63) is 194 Å². The fourth-order valence-electron chi connectivity index (χ4n) is 8.78. The molecule has 0 fully saturated rings. The fourth-order valence-corrected chi connectivity index (χ4v) is 12.8. The first-order chi connectivity index (χ1) is 29.7. The van der Waals surface area contributed by atoms with Gasteiger partial charge in [0.15, 0.2) is 0 Å². The SMILES string of the molecule is COc1cccc(P(c2cccc(OC)c2)c2ccc3ccccc3c2-c2c(-p3oc4ccc5ccccc5c4c4c(ccc5ccccc54)o3)ccc3ccccc23)c1. The molecule has 0 aliphatic rings. The van der Waals surface area contributed by atoms with Crippen LogP contribution < -0.4 is 25.4 Å². The van der Waals surface area contributed by atoms with Gasteiger partial charge in [-0.3, -0.25) is 0 Å². The van der Waals surface area contributed by atoms with Gasteiger partial charge in [0.2, 0.25) is 0 Å². The summed E-state index contributed by atoms with van der Waals surface area (Å²) in [4.78, 5) is 0. The molecule has 0 N–H and O–H groups in total. The third-order valence-electron chi connectivity index (χ3n) is 11.5. The van der Waals surface area contributed by atoms with Crippen LogP contribution in [0.5, 0.6) is 11.5 Å².